The van der Waals surface area contributed by atoms with Crippen LogP contribution in [-0.4, -0.2) is 44.0 Å². The number of hydrogen-bond acceptors (Lipinski definition) is 9. The summed E-state index contributed by atoms with van der Waals surface area (Å²) in [5, 5.41) is 9.66. The summed E-state index contributed by atoms with van der Waals surface area (Å²) in [6.07, 6.45) is 5.80. The molecule has 3 rings (SSSR count). The molecule has 0 N–H and O–H groups in total. The number of nitrogens with zero attached hydrogens (tertiary/aromatic N) is 2. The van der Waals surface area contributed by atoms with Crippen LogP contribution >= 0.6 is 11.3 Å². The van der Waals surface area contributed by atoms with Crippen LogP contribution in [0.25, 0.3) is 6.08 Å². The zero-order valence-electron chi connectivity index (χ0n) is 20.3. The van der Waals surface area contributed by atoms with Gasteiger partial charge < -0.3 is 18.8 Å². The van der Waals surface area contributed by atoms with Gasteiger partial charge in [-0.05, 0) is 45.2 Å². The molecule has 0 amide bonds. The Morgan fingerprint density at radius 3 is 2.37 bits per heavy atom. The lowest BCUT2D eigenvalue weighted by Gasteiger charge is -2.18. The van der Waals surface area contributed by atoms with Crippen molar-refractivity contribution in [2.75, 3.05) is 31.2 Å². The quantitative estimate of drug-likeness (QED) is 0.267. The second-order valence-electron chi connectivity index (χ2n) is 8.14. The van der Waals surface area contributed by atoms with Gasteiger partial charge in [0.1, 0.15) is 16.7 Å². The minimum absolute atomic E-state index is 0.0969. The first-order chi connectivity index (χ1) is 16.9. The topological polar surface area (TPSA) is 110 Å². The molecule has 2 aromatic rings. The van der Waals surface area contributed by atoms with Crippen LogP contribution in [-0.2, 0) is 20.7 Å². The van der Waals surface area contributed by atoms with Crippen LogP contribution in [0, 0.1) is 18.3 Å². The standard InChI is InChI=1S/C26H30N2O6S/c1-4-32-25(30)23-17(3)24(26(31)33-5-2)35-21(23)15-20(29)18(16-27)14-19-10-11-22(34-19)28-12-8-6-7-9-13-28/h10-11,14H,4-9,12-13,15H2,1-3H3/b18-14+. The van der Waals surface area contributed by atoms with E-state index >= 15 is 0 Å². The van der Waals surface area contributed by atoms with Crippen LogP contribution in [0.1, 0.15) is 75.8 Å². The summed E-state index contributed by atoms with van der Waals surface area (Å²) in [6, 6.07) is 5.53. The number of carbonyl (C=O) groups is 3. The number of anilines is 1. The molecule has 9 heteroatoms. The Morgan fingerprint density at radius 2 is 1.74 bits per heavy atom. The van der Waals surface area contributed by atoms with Crippen LogP contribution in [0.15, 0.2) is 22.1 Å². The molecular formula is C26H30N2O6S. The Balaban J connectivity index is 1.85. The van der Waals surface area contributed by atoms with Gasteiger partial charge in [0.2, 0.25) is 0 Å². The van der Waals surface area contributed by atoms with Gasteiger partial charge in [0.05, 0.1) is 24.4 Å². The molecule has 0 aromatic carbocycles. The zero-order chi connectivity index (χ0) is 25.4. The van der Waals surface area contributed by atoms with Crippen molar-refractivity contribution in [2.24, 2.45) is 0 Å². The minimum atomic E-state index is -0.616. The molecular weight excluding hydrogens is 468 g/mol. The predicted octanol–water partition coefficient (Wildman–Crippen LogP) is 5.10. The summed E-state index contributed by atoms with van der Waals surface area (Å²) < 4.78 is 16.1. The molecule has 0 radical (unpaired) electrons. The number of ketones is 1. The predicted molar refractivity (Wildman–Crippen MR) is 133 cm³/mol. The summed E-state index contributed by atoms with van der Waals surface area (Å²) in [5.74, 6) is -0.528. The molecule has 0 unspecified atom stereocenters. The molecule has 0 spiro atoms. The number of ether oxygens (including phenoxy) is 2. The van der Waals surface area contributed by atoms with Crippen LogP contribution < -0.4 is 4.90 Å². The van der Waals surface area contributed by atoms with Gasteiger partial charge in [0, 0.05) is 36.5 Å². The number of allylic oxidation sites excluding steroid dienone is 1. The molecule has 1 fully saturated rings. The van der Waals surface area contributed by atoms with Crippen molar-refractivity contribution >= 4 is 41.0 Å². The van der Waals surface area contributed by atoms with Crippen molar-refractivity contribution in [1.82, 2.24) is 0 Å². The highest BCUT2D eigenvalue weighted by atomic mass is 32.1. The molecule has 3 heterocycles. The van der Waals surface area contributed by atoms with Gasteiger partial charge >= 0.3 is 11.9 Å². The van der Waals surface area contributed by atoms with E-state index in [9.17, 15) is 19.6 Å². The van der Waals surface area contributed by atoms with Crippen LogP contribution in [0.4, 0.5) is 5.88 Å². The Morgan fingerprint density at radius 1 is 1.09 bits per heavy atom. The molecule has 0 aliphatic carbocycles. The molecule has 8 nitrogen and oxygen atoms in total. The van der Waals surface area contributed by atoms with Crippen LogP contribution in [0.3, 0.4) is 0 Å². The molecule has 1 aliphatic heterocycles. The van der Waals surface area contributed by atoms with Crippen molar-refractivity contribution in [3.05, 3.63) is 44.3 Å². The second kappa shape index (κ2) is 12.4. The molecule has 186 valence electrons. The highest BCUT2D eigenvalue weighted by molar-refractivity contribution is 7.14. The van der Waals surface area contributed by atoms with E-state index in [1.54, 1.807) is 26.8 Å². The largest absolute Gasteiger partial charge is 0.462 e. The van der Waals surface area contributed by atoms with Crippen LogP contribution in [0.5, 0.6) is 0 Å². The van der Waals surface area contributed by atoms with Crippen molar-refractivity contribution in [2.45, 2.75) is 52.9 Å². The van der Waals surface area contributed by atoms with E-state index in [0.717, 1.165) is 43.2 Å². The van der Waals surface area contributed by atoms with Crippen molar-refractivity contribution < 1.29 is 28.3 Å². The van der Waals surface area contributed by atoms with E-state index in [4.69, 9.17) is 13.9 Å². The molecule has 0 saturated carbocycles. The third kappa shape index (κ3) is 6.40. The number of Topliss-reactive ketones (excluding diaryl/α,β-unsaturated/α-hetero) is 1. The fourth-order valence-corrected chi connectivity index (χ4v) is 5.18. The first-order valence-corrected chi connectivity index (χ1v) is 12.7. The van der Waals surface area contributed by atoms with E-state index in [2.05, 4.69) is 4.90 Å². The maximum atomic E-state index is 13.0. The summed E-state index contributed by atoms with van der Waals surface area (Å²) >= 11 is 1.01. The molecule has 1 saturated heterocycles. The number of furan rings is 1. The normalized spacial score (nSPS) is 14.2. The third-order valence-electron chi connectivity index (χ3n) is 5.72. The fourth-order valence-electron chi connectivity index (χ4n) is 4.00. The van der Waals surface area contributed by atoms with E-state index in [1.807, 2.05) is 12.1 Å². The van der Waals surface area contributed by atoms with E-state index in [0.29, 0.717) is 16.2 Å². The van der Waals surface area contributed by atoms with Crippen molar-refractivity contribution in [3.8, 4) is 6.07 Å². The highest BCUT2D eigenvalue weighted by Gasteiger charge is 2.28. The van der Waals surface area contributed by atoms with Gasteiger partial charge in [0.25, 0.3) is 0 Å². The SMILES string of the molecule is CCOC(=O)c1sc(CC(=O)/C(C#N)=C/c2ccc(N3CCCCCC3)o2)c(C(=O)OCC)c1C. The fraction of sp³-hybridized carbons (Fsp3) is 0.462. The molecule has 35 heavy (non-hydrogen) atoms. The average molecular weight is 499 g/mol. The number of carbonyl (C=O) groups excluding carboxylic acids is 3. The summed E-state index contributed by atoms with van der Waals surface area (Å²) in [5.41, 5.74) is 0.484. The van der Waals surface area contributed by atoms with Gasteiger partial charge in [0.15, 0.2) is 11.7 Å². The second-order valence-corrected chi connectivity index (χ2v) is 9.25. The Hall–Kier alpha value is -3.38. The maximum absolute atomic E-state index is 13.0. The third-order valence-corrected chi connectivity index (χ3v) is 6.99. The Labute approximate surface area is 209 Å². The number of rotatable bonds is 9. The summed E-state index contributed by atoms with van der Waals surface area (Å²) in [6.45, 7) is 7.15. The van der Waals surface area contributed by atoms with Gasteiger partial charge in [-0.15, -0.1) is 11.3 Å². The van der Waals surface area contributed by atoms with E-state index < -0.39 is 17.7 Å². The lowest BCUT2D eigenvalue weighted by atomic mass is 10.0. The molecule has 1 aliphatic rings. The number of esters is 2. The summed E-state index contributed by atoms with van der Waals surface area (Å²) in [7, 11) is 0. The van der Waals surface area contributed by atoms with Gasteiger partial charge in [-0.25, -0.2) is 9.59 Å². The van der Waals surface area contributed by atoms with Crippen molar-refractivity contribution in [3.63, 3.8) is 0 Å². The highest BCUT2D eigenvalue weighted by Crippen LogP contribution is 2.31. The lowest BCUT2D eigenvalue weighted by Crippen LogP contribution is -2.23. The smallest absolute Gasteiger partial charge is 0.348 e. The molecule has 2 aromatic heterocycles. The van der Waals surface area contributed by atoms with Gasteiger partial charge in [-0.2, -0.15) is 5.26 Å². The lowest BCUT2D eigenvalue weighted by molar-refractivity contribution is -0.114. The first-order valence-electron chi connectivity index (χ1n) is 11.9. The number of hydrogen-bond donors (Lipinski definition) is 0. The first kappa shape index (κ1) is 26.2. The van der Waals surface area contributed by atoms with Crippen molar-refractivity contribution in [1.29, 1.82) is 5.26 Å². The van der Waals surface area contributed by atoms with Gasteiger partial charge in [-0.1, -0.05) is 12.8 Å². The van der Waals surface area contributed by atoms with E-state index in [1.165, 1.54) is 18.9 Å². The van der Waals surface area contributed by atoms with Crippen LogP contribution in [0.2, 0.25) is 0 Å². The minimum Gasteiger partial charge on any atom is -0.462 e. The number of thiophene rings is 1. The maximum Gasteiger partial charge on any atom is 0.348 e. The molecule has 0 bridgehead atoms. The summed E-state index contributed by atoms with van der Waals surface area (Å²) in [4.78, 5) is 40.8. The van der Waals surface area contributed by atoms with Gasteiger partial charge in [-0.3, -0.25) is 4.79 Å². The molecule has 0 atom stereocenters. The Kier molecular flexibility index (Phi) is 9.26. The van der Waals surface area contributed by atoms with E-state index in [-0.39, 0.29) is 35.6 Å². The average Bonchev–Trinajstić information content (AvgIpc) is 3.31. The number of nitriles is 1. The Bertz CT molecular complexity index is 1150. The zero-order valence-corrected chi connectivity index (χ0v) is 21.2. The monoisotopic (exact) mass is 498 g/mol.